The van der Waals surface area contributed by atoms with Crippen LogP contribution >= 0.6 is 34.3 Å². The summed E-state index contributed by atoms with van der Waals surface area (Å²) in [4.78, 5) is 17.0. The fourth-order valence-corrected chi connectivity index (χ4v) is 3.47. The molecule has 0 aliphatic heterocycles. The third-order valence-corrected chi connectivity index (χ3v) is 4.90. The minimum absolute atomic E-state index is 0.201. The summed E-state index contributed by atoms with van der Waals surface area (Å²) >= 11 is 8.45. The highest BCUT2D eigenvalue weighted by Gasteiger charge is 2.12. The lowest BCUT2D eigenvalue weighted by molar-refractivity contribution is 0.103. The second kappa shape index (κ2) is 6.48. The van der Waals surface area contributed by atoms with Crippen LogP contribution in [0.25, 0.3) is 11.3 Å². The van der Waals surface area contributed by atoms with Crippen molar-refractivity contribution in [1.82, 2.24) is 4.98 Å². The number of rotatable bonds is 4. The van der Waals surface area contributed by atoms with Crippen molar-refractivity contribution >= 4 is 45.3 Å². The Bertz CT molecular complexity index is 796. The van der Waals surface area contributed by atoms with E-state index in [1.54, 1.807) is 19.2 Å². The van der Waals surface area contributed by atoms with Gasteiger partial charge in [0.15, 0.2) is 5.13 Å². The van der Waals surface area contributed by atoms with Gasteiger partial charge in [0, 0.05) is 10.9 Å². The van der Waals surface area contributed by atoms with Gasteiger partial charge < -0.3 is 4.74 Å². The summed E-state index contributed by atoms with van der Waals surface area (Å²) in [5.41, 5.74) is 1.78. The van der Waals surface area contributed by atoms with Crippen LogP contribution in [0.4, 0.5) is 5.13 Å². The molecule has 3 aromatic rings. The maximum atomic E-state index is 12.0. The molecule has 0 aliphatic rings. The molecule has 0 bridgehead atoms. The number of hydrogen-bond donors (Lipinski definition) is 1. The van der Waals surface area contributed by atoms with Gasteiger partial charge in [-0.05, 0) is 36.4 Å². The number of ether oxygens (including phenoxy) is 1. The Labute approximate surface area is 140 Å². The number of amides is 1. The number of aromatic nitrogens is 1. The zero-order chi connectivity index (χ0) is 15.5. The normalized spacial score (nSPS) is 10.5. The highest BCUT2D eigenvalue weighted by Crippen LogP contribution is 2.27. The van der Waals surface area contributed by atoms with E-state index in [0.29, 0.717) is 14.3 Å². The molecule has 2 heterocycles. The van der Waals surface area contributed by atoms with Gasteiger partial charge in [-0.15, -0.1) is 22.7 Å². The highest BCUT2D eigenvalue weighted by atomic mass is 35.5. The number of hydrogen-bond acceptors (Lipinski definition) is 5. The Hall–Kier alpha value is -1.89. The van der Waals surface area contributed by atoms with E-state index in [0.717, 1.165) is 17.0 Å². The Morgan fingerprint density at radius 2 is 2.00 bits per heavy atom. The zero-order valence-corrected chi connectivity index (χ0v) is 13.9. The van der Waals surface area contributed by atoms with E-state index >= 15 is 0 Å². The number of thiazole rings is 1. The van der Waals surface area contributed by atoms with E-state index < -0.39 is 0 Å². The molecule has 1 amide bonds. The third-order valence-electron chi connectivity index (χ3n) is 2.91. The van der Waals surface area contributed by atoms with Crippen LogP contribution in [-0.4, -0.2) is 18.0 Å². The van der Waals surface area contributed by atoms with Crippen LogP contribution in [0, 0.1) is 0 Å². The molecule has 2 aromatic heterocycles. The average molecular weight is 351 g/mol. The van der Waals surface area contributed by atoms with Crippen LogP contribution in [0.15, 0.2) is 41.8 Å². The summed E-state index contributed by atoms with van der Waals surface area (Å²) in [6.07, 6.45) is 0. The summed E-state index contributed by atoms with van der Waals surface area (Å²) in [6.45, 7) is 0. The first-order valence-electron chi connectivity index (χ1n) is 6.32. The monoisotopic (exact) mass is 350 g/mol. The molecule has 0 atom stereocenters. The molecule has 0 radical (unpaired) electrons. The molecule has 3 rings (SSSR count). The summed E-state index contributed by atoms with van der Waals surface area (Å²) < 4.78 is 5.72. The van der Waals surface area contributed by atoms with E-state index in [2.05, 4.69) is 10.3 Å². The molecular formula is C15H11ClN2O2S2. The van der Waals surface area contributed by atoms with Crippen LogP contribution in [0.1, 0.15) is 9.67 Å². The first-order valence-corrected chi connectivity index (χ1v) is 8.40. The number of thiophene rings is 1. The summed E-state index contributed by atoms with van der Waals surface area (Å²) in [5, 5.41) is 5.24. The molecule has 7 heteroatoms. The lowest BCUT2D eigenvalue weighted by atomic mass is 10.2. The Morgan fingerprint density at radius 3 is 2.64 bits per heavy atom. The molecule has 0 saturated heterocycles. The fraction of sp³-hybridized carbons (Fsp3) is 0.0667. The molecule has 22 heavy (non-hydrogen) atoms. The minimum atomic E-state index is -0.201. The molecule has 0 spiro atoms. The van der Waals surface area contributed by atoms with Crippen molar-refractivity contribution in [2.45, 2.75) is 0 Å². The minimum Gasteiger partial charge on any atom is -0.497 e. The standard InChI is InChI=1S/C15H11ClN2O2S2/c1-20-10-4-2-9(3-5-10)11-8-21-15(17-11)18-14(19)12-6-7-13(16)22-12/h2-8H,1H3,(H,17,18,19). The molecule has 112 valence electrons. The second-order valence-corrected chi connectivity index (χ2v) is 6.90. The molecule has 0 saturated carbocycles. The number of halogens is 1. The third kappa shape index (κ3) is 3.30. The SMILES string of the molecule is COc1ccc(-c2csc(NC(=O)c3ccc(Cl)s3)n2)cc1. The number of nitrogens with one attached hydrogen (secondary N) is 1. The molecule has 0 fully saturated rings. The first kappa shape index (κ1) is 15.0. The lowest BCUT2D eigenvalue weighted by Gasteiger charge is -2.01. The number of carbonyl (C=O) groups is 1. The zero-order valence-electron chi connectivity index (χ0n) is 11.5. The van der Waals surface area contributed by atoms with Crippen molar-refractivity contribution in [3.8, 4) is 17.0 Å². The first-order chi connectivity index (χ1) is 10.7. The van der Waals surface area contributed by atoms with Crippen molar-refractivity contribution in [1.29, 1.82) is 0 Å². The van der Waals surface area contributed by atoms with E-state index in [1.807, 2.05) is 29.6 Å². The van der Waals surface area contributed by atoms with Crippen LogP contribution in [0.2, 0.25) is 4.34 Å². The predicted molar refractivity (Wildman–Crippen MR) is 91.4 cm³/mol. The smallest absolute Gasteiger partial charge is 0.267 e. The summed E-state index contributed by atoms with van der Waals surface area (Å²) in [7, 11) is 1.63. The predicted octanol–water partition coefficient (Wildman–Crippen LogP) is 4.79. The maximum Gasteiger partial charge on any atom is 0.267 e. The highest BCUT2D eigenvalue weighted by molar-refractivity contribution is 7.18. The second-order valence-electron chi connectivity index (χ2n) is 4.32. The fourth-order valence-electron chi connectivity index (χ4n) is 1.82. The quantitative estimate of drug-likeness (QED) is 0.736. The summed E-state index contributed by atoms with van der Waals surface area (Å²) in [6, 6.07) is 11.0. The van der Waals surface area contributed by atoms with Gasteiger partial charge in [0.2, 0.25) is 0 Å². The Morgan fingerprint density at radius 1 is 1.23 bits per heavy atom. The van der Waals surface area contributed by atoms with Gasteiger partial charge in [0.1, 0.15) is 5.75 Å². The van der Waals surface area contributed by atoms with Gasteiger partial charge in [-0.2, -0.15) is 0 Å². The maximum absolute atomic E-state index is 12.0. The average Bonchev–Trinajstić information content (AvgIpc) is 3.16. The van der Waals surface area contributed by atoms with Crippen LogP contribution < -0.4 is 10.1 Å². The molecule has 1 N–H and O–H groups in total. The van der Waals surface area contributed by atoms with E-state index in [1.165, 1.54) is 22.7 Å². The van der Waals surface area contributed by atoms with Gasteiger partial charge in [-0.3, -0.25) is 10.1 Å². The van der Waals surface area contributed by atoms with Crippen molar-refractivity contribution in [3.63, 3.8) is 0 Å². The number of carbonyl (C=O) groups excluding carboxylic acids is 1. The van der Waals surface area contributed by atoms with Crippen LogP contribution in [-0.2, 0) is 0 Å². The van der Waals surface area contributed by atoms with E-state index in [4.69, 9.17) is 16.3 Å². The van der Waals surface area contributed by atoms with Crippen molar-refractivity contribution in [2.24, 2.45) is 0 Å². The van der Waals surface area contributed by atoms with Gasteiger partial charge in [-0.1, -0.05) is 11.6 Å². The molecular weight excluding hydrogens is 340 g/mol. The molecule has 4 nitrogen and oxygen atoms in total. The van der Waals surface area contributed by atoms with Crippen molar-refractivity contribution in [3.05, 3.63) is 51.0 Å². The van der Waals surface area contributed by atoms with E-state index in [-0.39, 0.29) is 5.91 Å². The van der Waals surface area contributed by atoms with Crippen molar-refractivity contribution in [2.75, 3.05) is 12.4 Å². The van der Waals surface area contributed by atoms with Crippen LogP contribution in [0.5, 0.6) is 5.75 Å². The molecule has 1 aromatic carbocycles. The lowest BCUT2D eigenvalue weighted by Crippen LogP contribution is -2.09. The Kier molecular flexibility index (Phi) is 4.42. The largest absolute Gasteiger partial charge is 0.497 e. The van der Waals surface area contributed by atoms with E-state index in [9.17, 15) is 4.79 Å². The number of benzene rings is 1. The van der Waals surface area contributed by atoms with Gasteiger partial charge in [-0.25, -0.2) is 4.98 Å². The van der Waals surface area contributed by atoms with Gasteiger partial charge in [0.05, 0.1) is 22.0 Å². The summed E-state index contributed by atoms with van der Waals surface area (Å²) in [5.74, 6) is 0.592. The Balaban J connectivity index is 1.74. The molecule has 0 aliphatic carbocycles. The van der Waals surface area contributed by atoms with Crippen LogP contribution in [0.3, 0.4) is 0 Å². The van der Waals surface area contributed by atoms with Gasteiger partial charge in [0.25, 0.3) is 5.91 Å². The number of methoxy groups -OCH3 is 1. The number of anilines is 1. The molecule has 0 unspecified atom stereocenters. The number of nitrogens with zero attached hydrogens (tertiary/aromatic N) is 1. The van der Waals surface area contributed by atoms with Gasteiger partial charge >= 0.3 is 0 Å². The topological polar surface area (TPSA) is 51.2 Å². The van der Waals surface area contributed by atoms with Crippen molar-refractivity contribution < 1.29 is 9.53 Å².